The van der Waals surface area contributed by atoms with Gasteiger partial charge in [0.2, 0.25) is 0 Å². The van der Waals surface area contributed by atoms with Crippen molar-refractivity contribution in [2.45, 2.75) is 65.6 Å². The third-order valence-corrected chi connectivity index (χ3v) is 4.01. The standard InChI is InChI=1S/C13H24O3/c1-6-12(4,5)11(14)16-9(3)10-8-13(10,15)7-2/h9-10,15H,6-8H2,1-5H3. The molecule has 1 aliphatic rings. The normalized spacial score (nSPS) is 31.0. The summed E-state index contributed by atoms with van der Waals surface area (Å²) >= 11 is 0. The molecule has 0 amide bonds. The van der Waals surface area contributed by atoms with Crippen molar-refractivity contribution in [2.24, 2.45) is 11.3 Å². The van der Waals surface area contributed by atoms with E-state index in [2.05, 4.69) is 0 Å². The number of ether oxygens (including phenoxy) is 1. The molecule has 0 heterocycles. The van der Waals surface area contributed by atoms with E-state index in [0.717, 1.165) is 19.3 Å². The molecule has 3 heteroatoms. The van der Waals surface area contributed by atoms with Gasteiger partial charge in [0.1, 0.15) is 6.10 Å². The van der Waals surface area contributed by atoms with Gasteiger partial charge >= 0.3 is 5.97 Å². The zero-order valence-corrected chi connectivity index (χ0v) is 11.0. The molecule has 0 radical (unpaired) electrons. The first-order valence-electron chi connectivity index (χ1n) is 6.20. The molecule has 0 bridgehead atoms. The van der Waals surface area contributed by atoms with Crippen LogP contribution >= 0.6 is 0 Å². The Morgan fingerprint density at radius 1 is 1.56 bits per heavy atom. The summed E-state index contributed by atoms with van der Waals surface area (Å²) in [5, 5.41) is 9.95. The van der Waals surface area contributed by atoms with Crippen LogP contribution in [0, 0.1) is 11.3 Å². The van der Waals surface area contributed by atoms with Crippen molar-refractivity contribution in [2.75, 3.05) is 0 Å². The van der Waals surface area contributed by atoms with Gasteiger partial charge in [-0.1, -0.05) is 13.8 Å². The second kappa shape index (κ2) is 4.36. The smallest absolute Gasteiger partial charge is 0.311 e. The largest absolute Gasteiger partial charge is 0.462 e. The van der Waals surface area contributed by atoms with Crippen molar-refractivity contribution in [3.8, 4) is 0 Å². The molecular weight excluding hydrogens is 204 g/mol. The van der Waals surface area contributed by atoms with Crippen LogP contribution in [0.5, 0.6) is 0 Å². The second-order valence-electron chi connectivity index (χ2n) is 5.62. The summed E-state index contributed by atoms with van der Waals surface area (Å²) < 4.78 is 5.43. The lowest BCUT2D eigenvalue weighted by molar-refractivity contribution is -0.160. The number of carbonyl (C=O) groups excluding carboxylic acids is 1. The molecular formula is C13H24O3. The van der Waals surface area contributed by atoms with Crippen LogP contribution < -0.4 is 0 Å². The van der Waals surface area contributed by atoms with E-state index >= 15 is 0 Å². The highest BCUT2D eigenvalue weighted by atomic mass is 16.5. The molecule has 0 aromatic rings. The molecule has 3 atom stereocenters. The fraction of sp³-hybridized carbons (Fsp3) is 0.923. The predicted octanol–water partition coefficient (Wildman–Crippen LogP) is 2.52. The van der Waals surface area contributed by atoms with Crippen LogP contribution in [-0.2, 0) is 9.53 Å². The molecule has 0 saturated heterocycles. The maximum Gasteiger partial charge on any atom is 0.311 e. The van der Waals surface area contributed by atoms with E-state index in [1.807, 2.05) is 34.6 Å². The van der Waals surface area contributed by atoms with Crippen LogP contribution in [0.15, 0.2) is 0 Å². The average Bonchev–Trinajstić information content (AvgIpc) is 2.91. The van der Waals surface area contributed by atoms with E-state index < -0.39 is 11.0 Å². The fourth-order valence-corrected chi connectivity index (χ4v) is 1.89. The lowest BCUT2D eigenvalue weighted by atomic mass is 9.90. The summed E-state index contributed by atoms with van der Waals surface area (Å²) in [4.78, 5) is 11.8. The molecule has 0 aromatic carbocycles. The van der Waals surface area contributed by atoms with Gasteiger partial charge in [0.15, 0.2) is 0 Å². The summed E-state index contributed by atoms with van der Waals surface area (Å²) in [5.74, 6) is -0.0399. The van der Waals surface area contributed by atoms with Gasteiger partial charge in [0, 0.05) is 5.92 Å². The zero-order chi connectivity index (χ0) is 12.6. The van der Waals surface area contributed by atoms with E-state index in [9.17, 15) is 9.90 Å². The highest BCUT2D eigenvalue weighted by Crippen LogP contribution is 2.49. The highest BCUT2D eigenvalue weighted by molar-refractivity contribution is 5.76. The SMILES string of the molecule is CCC(C)(C)C(=O)OC(C)C1CC1(O)CC. The minimum atomic E-state index is -0.587. The Morgan fingerprint density at radius 3 is 2.50 bits per heavy atom. The van der Waals surface area contributed by atoms with Crippen molar-refractivity contribution in [3.63, 3.8) is 0 Å². The Balaban J connectivity index is 2.48. The molecule has 0 spiro atoms. The van der Waals surface area contributed by atoms with Crippen LogP contribution in [-0.4, -0.2) is 22.8 Å². The van der Waals surface area contributed by atoms with Crippen LogP contribution in [0.25, 0.3) is 0 Å². The van der Waals surface area contributed by atoms with Gasteiger partial charge in [-0.15, -0.1) is 0 Å². The number of carbonyl (C=O) groups is 1. The van der Waals surface area contributed by atoms with E-state index in [-0.39, 0.29) is 18.0 Å². The van der Waals surface area contributed by atoms with Gasteiger partial charge in [0.05, 0.1) is 11.0 Å². The maximum atomic E-state index is 11.8. The van der Waals surface area contributed by atoms with Crippen molar-refractivity contribution in [3.05, 3.63) is 0 Å². The molecule has 94 valence electrons. The lowest BCUT2D eigenvalue weighted by Crippen LogP contribution is -2.31. The molecule has 3 nitrogen and oxygen atoms in total. The number of rotatable bonds is 5. The van der Waals surface area contributed by atoms with Gasteiger partial charge in [-0.2, -0.15) is 0 Å². The predicted molar refractivity (Wildman–Crippen MR) is 63.0 cm³/mol. The van der Waals surface area contributed by atoms with Crippen molar-refractivity contribution >= 4 is 5.97 Å². The van der Waals surface area contributed by atoms with E-state index in [4.69, 9.17) is 4.74 Å². The molecule has 3 unspecified atom stereocenters. The Morgan fingerprint density at radius 2 is 2.12 bits per heavy atom. The Kier molecular flexibility index (Phi) is 3.68. The Bertz CT molecular complexity index is 272. The number of aliphatic hydroxyl groups is 1. The molecule has 1 saturated carbocycles. The third kappa shape index (κ3) is 2.57. The Labute approximate surface area is 98.2 Å². The van der Waals surface area contributed by atoms with Crippen LogP contribution in [0.3, 0.4) is 0 Å². The topological polar surface area (TPSA) is 46.5 Å². The van der Waals surface area contributed by atoms with Crippen LogP contribution in [0.2, 0.25) is 0 Å². The molecule has 1 fully saturated rings. The van der Waals surface area contributed by atoms with Gasteiger partial charge < -0.3 is 9.84 Å². The lowest BCUT2D eigenvalue weighted by Gasteiger charge is -2.24. The van der Waals surface area contributed by atoms with Gasteiger partial charge in [0.25, 0.3) is 0 Å². The second-order valence-corrected chi connectivity index (χ2v) is 5.62. The number of hydrogen-bond acceptors (Lipinski definition) is 3. The summed E-state index contributed by atoms with van der Waals surface area (Å²) in [7, 11) is 0. The number of hydrogen-bond donors (Lipinski definition) is 1. The summed E-state index contributed by atoms with van der Waals surface area (Å²) in [6, 6.07) is 0. The van der Waals surface area contributed by atoms with Crippen LogP contribution in [0.1, 0.15) is 53.9 Å². The van der Waals surface area contributed by atoms with E-state index in [1.54, 1.807) is 0 Å². The monoisotopic (exact) mass is 228 g/mol. The minimum Gasteiger partial charge on any atom is -0.462 e. The molecule has 1 aliphatic carbocycles. The van der Waals surface area contributed by atoms with Gasteiger partial charge in [-0.05, 0) is 40.0 Å². The first-order chi connectivity index (χ1) is 7.27. The van der Waals surface area contributed by atoms with Crippen molar-refractivity contribution < 1.29 is 14.6 Å². The average molecular weight is 228 g/mol. The minimum absolute atomic E-state index is 0.120. The molecule has 0 aromatic heterocycles. The van der Waals surface area contributed by atoms with E-state index in [1.165, 1.54) is 0 Å². The van der Waals surface area contributed by atoms with Crippen molar-refractivity contribution in [1.82, 2.24) is 0 Å². The summed E-state index contributed by atoms with van der Waals surface area (Å²) in [6.45, 7) is 9.60. The molecule has 1 N–H and O–H groups in total. The quantitative estimate of drug-likeness (QED) is 0.735. The fourth-order valence-electron chi connectivity index (χ4n) is 1.89. The first kappa shape index (κ1) is 13.5. The van der Waals surface area contributed by atoms with Gasteiger partial charge in [-0.3, -0.25) is 4.79 Å². The maximum absolute atomic E-state index is 11.8. The molecule has 0 aliphatic heterocycles. The van der Waals surface area contributed by atoms with Crippen LogP contribution in [0.4, 0.5) is 0 Å². The van der Waals surface area contributed by atoms with Crippen molar-refractivity contribution in [1.29, 1.82) is 0 Å². The molecule has 1 rings (SSSR count). The Hall–Kier alpha value is -0.570. The zero-order valence-electron chi connectivity index (χ0n) is 11.0. The van der Waals surface area contributed by atoms with Gasteiger partial charge in [-0.25, -0.2) is 0 Å². The molecule has 16 heavy (non-hydrogen) atoms. The summed E-state index contributed by atoms with van der Waals surface area (Å²) in [5.41, 5.74) is -1.01. The number of esters is 1. The third-order valence-electron chi connectivity index (χ3n) is 4.01. The first-order valence-corrected chi connectivity index (χ1v) is 6.20. The summed E-state index contributed by atoms with van der Waals surface area (Å²) in [6.07, 6.45) is 2.07. The van der Waals surface area contributed by atoms with E-state index in [0.29, 0.717) is 0 Å². The highest BCUT2D eigenvalue weighted by Gasteiger charge is 2.55.